The van der Waals surface area contributed by atoms with E-state index in [1.165, 1.54) is 12.5 Å². The van der Waals surface area contributed by atoms with Gasteiger partial charge in [0, 0.05) is 10.6 Å². The highest BCUT2D eigenvalue weighted by atomic mass is 35.5. The maximum absolute atomic E-state index is 13.2. The Labute approximate surface area is 101 Å². The molecule has 1 fully saturated rings. The lowest BCUT2D eigenvalue weighted by atomic mass is 9.87. The van der Waals surface area contributed by atoms with Gasteiger partial charge >= 0.3 is 0 Å². The highest BCUT2D eigenvalue weighted by molar-refractivity contribution is 6.30. The summed E-state index contributed by atoms with van der Waals surface area (Å²) in [6, 6.07) is 4.80. The molecule has 0 radical (unpaired) electrons. The van der Waals surface area contributed by atoms with Crippen molar-refractivity contribution in [1.29, 1.82) is 0 Å². The van der Waals surface area contributed by atoms with Crippen LogP contribution in [0, 0.1) is 5.82 Å². The lowest BCUT2D eigenvalue weighted by molar-refractivity contribution is 0.359. The fourth-order valence-corrected chi connectivity index (χ4v) is 2.79. The van der Waals surface area contributed by atoms with Gasteiger partial charge in [-0.1, -0.05) is 18.5 Å². The van der Waals surface area contributed by atoms with E-state index in [0.717, 1.165) is 31.4 Å². The summed E-state index contributed by atoms with van der Waals surface area (Å²) < 4.78 is 13.2. The van der Waals surface area contributed by atoms with Crippen LogP contribution in [0.1, 0.15) is 31.7 Å². The first kappa shape index (κ1) is 11.9. The first-order valence-electron chi connectivity index (χ1n) is 5.83. The quantitative estimate of drug-likeness (QED) is 0.854. The van der Waals surface area contributed by atoms with Gasteiger partial charge < -0.3 is 5.32 Å². The summed E-state index contributed by atoms with van der Waals surface area (Å²) in [5, 5.41) is 4.03. The molecule has 0 amide bonds. The Morgan fingerprint density at radius 1 is 1.44 bits per heavy atom. The van der Waals surface area contributed by atoms with Crippen LogP contribution in [0.3, 0.4) is 0 Å². The van der Waals surface area contributed by atoms with Gasteiger partial charge in [-0.3, -0.25) is 0 Å². The molecule has 1 saturated heterocycles. The molecule has 0 aliphatic carbocycles. The van der Waals surface area contributed by atoms with E-state index in [1.807, 2.05) is 6.07 Å². The normalized spacial score (nSPS) is 24.9. The summed E-state index contributed by atoms with van der Waals surface area (Å²) in [6.07, 6.45) is 4.30. The molecule has 3 heteroatoms. The smallest absolute Gasteiger partial charge is 0.124 e. The lowest BCUT2D eigenvalue weighted by Gasteiger charge is -2.28. The van der Waals surface area contributed by atoms with E-state index in [1.54, 1.807) is 6.07 Å². The second kappa shape index (κ2) is 4.72. The number of benzene rings is 1. The van der Waals surface area contributed by atoms with E-state index >= 15 is 0 Å². The number of rotatable bonds is 3. The number of halogens is 2. The molecule has 1 unspecified atom stereocenters. The summed E-state index contributed by atoms with van der Waals surface area (Å²) in [5.41, 5.74) is 1.14. The van der Waals surface area contributed by atoms with Crippen LogP contribution < -0.4 is 5.32 Å². The number of nitrogens with one attached hydrogen (secondary N) is 1. The van der Waals surface area contributed by atoms with Gasteiger partial charge in [-0.15, -0.1) is 0 Å². The van der Waals surface area contributed by atoms with Gasteiger partial charge in [-0.2, -0.15) is 0 Å². The van der Waals surface area contributed by atoms with Gasteiger partial charge in [-0.25, -0.2) is 4.39 Å². The Balaban J connectivity index is 2.18. The van der Waals surface area contributed by atoms with Gasteiger partial charge in [0.15, 0.2) is 0 Å². The Kier molecular flexibility index (Phi) is 3.50. The Hall–Kier alpha value is -0.600. The summed E-state index contributed by atoms with van der Waals surface area (Å²) in [4.78, 5) is 0. The minimum Gasteiger partial charge on any atom is -0.311 e. The summed E-state index contributed by atoms with van der Waals surface area (Å²) in [6.45, 7) is 3.25. The molecular weight excluding hydrogens is 225 g/mol. The highest BCUT2D eigenvalue weighted by Crippen LogP contribution is 2.28. The second-order valence-electron chi connectivity index (χ2n) is 4.62. The largest absolute Gasteiger partial charge is 0.311 e. The van der Waals surface area contributed by atoms with Gasteiger partial charge in [0.1, 0.15) is 5.82 Å². The van der Waals surface area contributed by atoms with E-state index in [0.29, 0.717) is 5.02 Å². The van der Waals surface area contributed by atoms with Gasteiger partial charge in [-0.05, 0) is 56.0 Å². The molecule has 0 saturated carbocycles. The van der Waals surface area contributed by atoms with Gasteiger partial charge in [0.2, 0.25) is 0 Å². The van der Waals surface area contributed by atoms with Crippen LogP contribution in [-0.4, -0.2) is 12.1 Å². The molecule has 1 N–H and O–H groups in total. The van der Waals surface area contributed by atoms with Crippen molar-refractivity contribution < 1.29 is 4.39 Å². The van der Waals surface area contributed by atoms with Crippen LogP contribution in [0.4, 0.5) is 4.39 Å². The van der Waals surface area contributed by atoms with Crippen molar-refractivity contribution in [2.45, 2.75) is 38.1 Å². The van der Waals surface area contributed by atoms with E-state index in [9.17, 15) is 4.39 Å². The average Bonchev–Trinajstić information content (AvgIpc) is 2.65. The molecule has 0 spiro atoms. The van der Waals surface area contributed by atoms with Crippen molar-refractivity contribution in [2.75, 3.05) is 6.54 Å². The molecule has 0 aromatic heterocycles. The zero-order valence-corrected chi connectivity index (χ0v) is 10.3. The molecule has 2 rings (SSSR count). The molecule has 1 heterocycles. The Morgan fingerprint density at radius 2 is 2.25 bits per heavy atom. The molecule has 16 heavy (non-hydrogen) atoms. The fourth-order valence-electron chi connectivity index (χ4n) is 2.55. The first-order chi connectivity index (χ1) is 7.63. The second-order valence-corrected chi connectivity index (χ2v) is 5.06. The number of hydrogen-bond donors (Lipinski definition) is 1. The molecule has 1 aromatic carbocycles. The maximum Gasteiger partial charge on any atom is 0.124 e. The fraction of sp³-hybridized carbons (Fsp3) is 0.538. The monoisotopic (exact) mass is 241 g/mol. The Bertz CT molecular complexity index is 352. The first-order valence-corrected chi connectivity index (χ1v) is 6.21. The zero-order chi connectivity index (χ0) is 11.6. The molecule has 1 aliphatic rings. The standard InChI is InChI=1S/C13H17ClFN/c1-2-13(4-3-5-16-13)9-10-6-11(14)8-12(15)7-10/h6-8,16H,2-5,9H2,1H3. The van der Waals surface area contributed by atoms with Crippen LogP contribution in [0.2, 0.25) is 5.02 Å². The van der Waals surface area contributed by atoms with E-state index in [4.69, 9.17) is 11.6 Å². The highest BCUT2D eigenvalue weighted by Gasteiger charge is 2.31. The summed E-state index contributed by atoms with van der Waals surface area (Å²) in [5.74, 6) is -0.244. The van der Waals surface area contributed by atoms with Crippen LogP contribution in [0.25, 0.3) is 0 Å². The molecule has 1 nitrogen and oxygen atoms in total. The van der Waals surface area contributed by atoms with E-state index < -0.39 is 0 Å². The topological polar surface area (TPSA) is 12.0 Å². The molecule has 0 bridgehead atoms. The SMILES string of the molecule is CCC1(Cc2cc(F)cc(Cl)c2)CCCN1. The van der Waals surface area contributed by atoms with Gasteiger partial charge in [0.05, 0.1) is 0 Å². The third-order valence-corrected chi connectivity index (χ3v) is 3.69. The lowest BCUT2D eigenvalue weighted by Crippen LogP contribution is -2.41. The van der Waals surface area contributed by atoms with Crippen molar-refractivity contribution in [3.05, 3.63) is 34.6 Å². The Morgan fingerprint density at radius 3 is 2.81 bits per heavy atom. The summed E-state index contributed by atoms with van der Waals surface area (Å²) in [7, 11) is 0. The third-order valence-electron chi connectivity index (χ3n) is 3.47. The molecule has 1 aliphatic heterocycles. The van der Waals surface area contributed by atoms with Crippen molar-refractivity contribution >= 4 is 11.6 Å². The van der Waals surface area contributed by atoms with Crippen LogP contribution in [0.15, 0.2) is 18.2 Å². The molecule has 1 aromatic rings. The van der Waals surface area contributed by atoms with Crippen LogP contribution in [0.5, 0.6) is 0 Å². The summed E-state index contributed by atoms with van der Waals surface area (Å²) >= 11 is 5.86. The van der Waals surface area contributed by atoms with Crippen LogP contribution in [-0.2, 0) is 6.42 Å². The minimum absolute atomic E-state index is 0.150. The zero-order valence-electron chi connectivity index (χ0n) is 9.52. The van der Waals surface area contributed by atoms with Crippen LogP contribution >= 0.6 is 11.6 Å². The van der Waals surface area contributed by atoms with E-state index in [-0.39, 0.29) is 11.4 Å². The predicted molar refractivity (Wildman–Crippen MR) is 65.4 cm³/mol. The van der Waals surface area contributed by atoms with Crippen molar-refractivity contribution in [3.8, 4) is 0 Å². The third kappa shape index (κ3) is 2.55. The average molecular weight is 242 g/mol. The minimum atomic E-state index is -0.244. The molecular formula is C13H17ClFN. The predicted octanol–water partition coefficient (Wildman–Crippen LogP) is 3.55. The molecule has 1 atom stereocenters. The van der Waals surface area contributed by atoms with Crippen molar-refractivity contribution in [2.24, 2.45) is 0 Å². The van der Waals surface area contributed by atoms with E-state index in [2.05, 4.69) is 12.2 Å². The molecule has 88 valence electrons. The van der Waals surface area contributed by atoms with Crippen molar-refractivity contribution in [3.63, 3.8) is 0 Å². The van der Waals surface area contributed by atoms with Gasteiger partial charge in [0.25, 0.3) is 0 Å². The maximum atomic E-state index is 13.2. The van der Waals surface area contributed by atoms with Crippen molar-refractivity contribution in [1.82, 2.24) is 5.32 Å². The number of hydrogen-bond acceptors (Lipinski definition) is 1.